The number of hydrogen-bond acceptors (Lipinski definition) is 4. The van der Waals surface area contributed by atoms with Gasteiger partial charge in [0.05, 0.1) is 24.4 Å². The van der Waals surface area contributed by atoms with Crippen molar-refractivity contribution in [2.45, 2.75) is 38.6 Å². The number of benzene rings is 2. The lowest BCUT2D eigenvalue weighted by atomic mass is 9.72. The van der Waals surface area contributed by atoms with E-state index in [1.54, 1.807) is 9.80 Å². The van der Waals surface area contributed by atoms with Crippen LogP contribution in [0.1, 0.15) is 42.9 Å². The first-order valence-corrected chi connectivity index (χ1v) is 11.4. The number of carbonyl (C=O) groups excluding carboxylic acids is 2. The zero-order valence-corrected chi connectivity index (χ0v) is 19.2. The van der Waals surface area contributed by atoms with Crippen LogP contribution >= 0.6 is 0 Å². The maximum Gasteiger partial charge on any atom is 0.415 e. The molecule has 2 amide bonds. The summed E-state index contributed by atoms with van der Waals surface area (Å²) < 4.78 is 10.6. The van der Waals surface area contributed by atoms with Crippen LogP contribution < -0.4 is 4.90 Å². The molecule has 1 aliphatic carbocycles. The summed E-state index contributed by atoms with van der Waals surface area (Å²) >= 11 is 0. The van der Waals surface area contributed by atoms with Crippen LogP contribution in [0.15, 0.2) is 66.4 Å². The minimum absolute atomic E-state index is 0.0164. The molecule has 6 heteroatoms. The molecule has 5 rings (SSSR count). The number of ether oxygens (including phenoxy) is 2. The van der Waals surface area contributed by atoms with Crippen molar-refractivity contribution in [3.8, 4) is 0 Å². The minimum Gasteiger partial charge on any atom is -0.449 e. The lowest BCUT2D eigenvalue weighted by Crippen LogP contribution is -2.49. The molecule has 0 radical (unpaired) electrons. The molecule has 33 heavy (non-hydrogen) atoms. The van der Waals surface area contributed by atoms with Gasteiger partial charge in [-0.25, -0.2) is 9.59 Å². The molecule has 0 N–H and O–H groups in total. The van der Waals surface area contributed by atoms with Crippen LogP contribution in [0.25, 0.3) is 5.57 Å². The summed E-state index contributed by atoms with van der Waals surface area (Å²) in [6.07, 6.45) is 4.06. The molecule has 0 spiro atoms. The lowest BCUT2D eigenvalue weighted by Gasteiger charge is -2.41. The van der Waals surface area contributed by atoms with E-state index in [1.807, 2.05) is 31.3 Å². The number of anilines is 1. The molecule has 0 saturated carbocycles. The second-order valence-electron chi connectivity index (χ2n) is 8.98. The molecule has 0 bridgehead atoms. The van der Waals surface area contributed by atoms with Gasteiger partial charge in [-0.05, 0) is 50.0 Å². The summed E-state index contributed by atoms with van der Waals surface area (Å²) in [6.45, 7) is 7.19. The molecule has 170 valence electrons. The summed E-state index contributed by atoms with van der Waals surface area (Å²) in [7, 11) is 0. The number of nitrogens with zero attached hydrogens (tertiary/aromatic N) is 2. The van der Waals surface area contributed by atoms with E-state index in [2.05, 4.69) is 50.3 Å². The molecule has 1 saturated heterocycles. The number of allylic oxidation sites excluding steroid dienone is 1. The van der Waals surface area contributed by atoms with Gasteiger partial charge in [0.1, 0.15) is 6.61 Å². The number of amides is 2. The highest BCUT2D eigenvalue weighted by atomic mass is 16.6. The van der Waals surface area contributed by atoms with Gasteiger partial charge in [0.2, 0.25) is 0 Å². The van der Waals surface area contributed by atoms with E-state index in [9.17, 15) is 9.59 Å². The zero-order valence-electron chi connectivity index (χ0n) is 19.2. The standard InChI is InChI=1S/C27H28N2O4/c1-4-32-26(31)29-24-8-6-5-7-21(24)23-15-22(19-11-9-18(2)10-12-19)20(16-27(23,29)3)17-28-13-14-33-25(28)30/h5-12,15,17,22H,4,13-14,16H2,1-3H3/b20-17+/t22-,27+/m0/s1. The second-order valence-corrected chi connectivity index (χ2v) is 8.98. The molecule has 2 aromatic carbocycles. The fourth-order valence-electron chi connectivity index (χ4n) is 5.22. The highest BCUT2D eigenvalue weighted by molar-refractivity contribution is 6.04. The Kier molecular flexibility index (Phi) is 5.23. The predicted octanol–water partition coefficient (Wildman–Crippen LogP) is 5.64. The molecule has 3 aliphatic rings. The number of cyclic esters (lactones) is 1. The van der Waals surface area contributed by atoms with Crippen molar-refractivity contribution in [2.75, 3.05) is 24.7 Å². The Bertz CT molecular complexity index is 1170. The lowest BCUT2D eigenvalue weighted by molar-refractivity contribution is 0.155. The molecule has 2 atom stereocenters. The average Bonchev–Trinajstić information content (AvgIpc) is 3.31. The van der Waals surface area contributed by atoms with Gasteiger partial charge in [-0.3, -0.25) is 9.80 Å². The van der Waals surface area contributed by atoms with Gasteiger partial charge >= 0.3 is 12.2 Å². The first-order chi connectivity index (χ1) is 15.9. The van der Waals surface area contributed by atoms with Crippen LogP contribution in [0.4, 0.5) is 15.3 Å². The smallest absolute Gasteiger partial charge is 0.415 e. The summed E-state index contributed by atoms with van der Waals surface area (Å²) in [5.41, 5.74) is 5.80. The van der Waals surface area contributed by atoms with E-state index in [-0.39, 0.29) is 18.1 Å². The molecule has 2 heterocycles. The SMILES string of the molecule is CCOC(=O)N1c2ccccc2C2=C[C@@H](c3ccc(C)cc3)/C(=C/N3CCOC3=O)C[C@]21C. The highest BCUT2D eigenvalue weighted by Crippen LogP contribution is 2.55. The number of fused-ring (bicyclic) bond motifs is 3. The third kappa shape index (κ3) is 3.50. The number of hydrogen-bond donors (Lipinski definition) is 0. The number of para-hydroxylation sites is 1. The van der Waals surface area contributed by atoms with Crippen LogP contribution in [0.3, 0.4) is 0 Å². The van der Waals surface area contributed by atoms with Crippen LogP contribution in [0.5, 0.6) is 0 Å². The van der Waals surface area contributed by atoms with E-state index < -0.39 is 5.54 Å². The van der Waals surface area contributed by atoms with Crippen molar-refractivity contribution in [2.24, 2.45) is 0 Å². The van der Waals surface area contributed by atoms with E-state index in [0.717, 1.165) is 28.0 Å². The molecular weight excluding hydrogens is 416 g/mol. The molecule has 0 aromatic heterocycles. The molecule has 2 aromatic rings. The van der Waals surface area contributed by atoms with Gasteiger partial charge in [0.15, 0.2) is 0 Å². The highest BCUT2D eigenvalue weighted by Gasteiger charge is 2.51. The third-order valence-electron chi connectivity index (χ3n) is 6.79. The van der Waals surface area contributed by atoms with E-state index in [0.29, 0.717) is 26.2 Å². The number of rotatable bonds is 3. The Morgan fingerprint density at radius 1 is 1.21 bits per heavy atom. The Balaban J connectivity index is 1.68. The summed E-state index contributed by atoms with van der Waals surface area (Å²) in [5, 5.41) is 0. The Morgan fingerprint density at radius 2 is 1.97 bits per heavy atom. The van der Waals surface area contributed by atoms with Crippen molar-refractivity contribution in [3.63, 3.8) is 0 Å². The van der Waals surface area contributed by atoms with E-state index in [1.165, 1.54) is 5.56 Å². The quantitative estimate of drug-likeness (QED) is 0.615. The predicted molar refractivity (Wildman–Crippen MR) is 127 cm³/mol. The monoisotopic (exact) mass is 444 g/mol. The van der Waals surface area contributed by atoms with E-state index in [4.69, 9.17) is 9.47 Å². The number of carbonyl (C=O) groups is 2. The Morgan fingerprint density at radius 3 is 2.67 bits per heavy atom. The first-order valence-electron chi connectivity index (χ1n) is 11.4. The maximum absolute atomic E-state index is 13.1. The fourth-order valence-corrected chi connectivity index (χ4v) is 5.22. The van der Waals surface area contributed by atoms with Crippen LogP contribution in [-0.2, 0) is 9.47 Å². The first kappa shape index (κ1) is 21.3. The van der Waals surface area contributed by atoms with Crippen molar-refractivity contribution in [1.29, 1.82) is 0 Å². The molecule has 1 fully saturated rings. The van der Waals surface area contributed by atoms with Gasteiger partial charge in [0, 0.05) is 17.7 Å². The van der Waals surface area contributed by atoms with Crippen LogP contribution in [-0.4, -0.2) is 42.4 Å². The van der Waals surface area contributed by atoms with Crippen molar-refractivity contribution in [1.82, 2.24) is 4.90 Å². The summed E-state index contributed by atoms with van der Waals surface area (Å²) in [5.74, 6) is -0.0164. The van der Waals surface area contributed by atoms with Crippen molar-refractivity contribution < 1.29 is 19.1 Å². The van der Waals surface area contributed by atoms with Gasteiger partial charge in [-0.1, -0.05) is 54.1 Å². The summed E-state index contributed by atoms with van der Waals surface area (Å²) in [6, 6.07) is 16.5. The Hall–Kier alpha value is -3.54. The largest absolute Gasteiger partial charge is 0.449 e. The molecule has 2 aliphatic heterocycles. The maximum atomic E-state index is 13.1. The topological polar surface area (TPSA) is 59.1 Å². The van der Waals surface area contributed by atoms with Gasteiger partial charge < -0.3 is 9.47 Å². The molecule has 0 unspecified atom stereocenters. The van der Waals surface area contributed by atoms with Gasteiger partial charge in [-0.2, -0.15) is 0 Å². The zero-order chi connectivity index (χ0) is 23.2. The van der Waals surface area contributed by atoms with Crippen molar-refractivity contribution in [3.05, 3.63) is 83.1 Å². The molecule has 6 nitrogen and oxygen atoms in total. The number of aryl methyl sites for hydroxylation is 1. The minimum atomic E-state index is -0.618. The van der Waals surface area contributed by atoms with Crippen LogP contribution in [0.2, 0.25) is 0 Å². The van der Waals surface area contributed by atoms with Crippen molar-refractivity contribution >= 4 is 23.4 Å². The average molecular weight is 445 g/mol. The fraction of sp³-hybridized carbons (Fsp3) is 0.333. The van der Waals surface area contributed by atoms with Gasteiger partial charge in [-0.15, -0.1) is 0 Å². The normalized spacial score (nSPS) is 24.9. The molecular formula is C27H28N2O4. The summed E-state index contributed by atoms with van der Waals surface area (Å²) in [4.78, 5) is 28.8. The third-order valence-corrected chi connectivity index (χ3v) is 6.79. The van der Waals surface area contributed by atoms with Gasteiger partial charge in [0.25, 0.3) is 0 Å². The van der Waals surface area contributed by atoms with E-state index >= 15 is 0 Å². The second kappa shape index (κ2) is 8.10. The van der Waals surface area contributed by atoms with Crippen LogP contribution in [0, 0.1) is 6.92 Å². The Labute approximate surface area is 194 Å².